The second-order valence-corrected chi connectivity index (χ2v) is 4.31. The van der Waals surface area contributed by atoms with Gasteiger partial charge in [-0.1, -0.05) is 0 Å². The highest BCUT2D eigenvalue weighted by molar-refractivity contribution is 5.89. The van der Waals surface area contributed by atoms with Crippen LogP contribution in [0.3, 0.4) is 0 Å². The van der Waals surface area contributed by atoms with E-state index in [4.69, 9.17) is 9.84 Å². The van der Waals surface area contributed by atoms with Gasteiger partial charge in [0.1, 0.15) is 24.0 Å². The van der Waals surface area contributed by atoms with Gasteiger partial charge < -0.3 is 9.84 Å². The summed E-state index contributed by atoms with van der Waals surface area (Å²) in [6.07, 6.45) is 0. The van der Waals surface area contributed by atoms with Gasteiger partial charge in [0.05, 0.1) is 5.56 Å². The van der Waals surface area contributed by atoms with E-state index in [-0.39, 0.29) is 23.6 Å². The second kappa shape index (κ2) is 5.69. The molecule has 0 saturated heterocycles. The van der Waals surface area contributed by atoms with Gasteiger partial charge in [-0.2, -0.15) is 0 Å². The van der Waals surface area contributed by atoms with Crippen LogP contribution in [-0.2, 0) is 6.61 Å². The highest BCUT2D eigenvalue weighted by atomic mass is 19.1. The molecule has 0 unspecified atom stereocenters. The first-order chi connectivity index (χ1) is 9.47. The predicted octanol–water partition coefficient (Wildman–Crippen LogP) is 3.55. The fourth-order valence-electron chi connectivity index (χ4n) is 1.82. The molecule has 2 aromatic carbocycles. The minimum atomic E-state index is -1.15. The van der Waals surface area contributed by atoms with Crippen molar-refractivity contribution in [2.75, 3.05) is 0 Å². The van der Waals surface area contributed by atoms with Crippen LogP contribution < -0.4 is 4.74 Å². The number of carboxylic acids is 1. The topological polar surface area (TPSA) is 46.5 Å². The van der Waals surface area contributed by atoms with Crippen LogP contribution in [0.4, 0.5) is 8.78 Å². The van der Waals surface area contributed by atoms with Gasteiger partial charge in [0.2, 0.25) is 0 Å². The maximum Gasteiger partial charge on any atom is 0.336 e. The number of ether oxygens (including phenoxy) is 1. The number of aromatic carboxylic acids is 1. The van der Waals surface area contributed by atoms with Crippen molar-refractivity contribution in [1.82, 2.24) is 0 Å². The Morgan fingerprint density at radius 2 is 1.80 bits per heavy atom. The zero-order valence-corrected chi connectivity index (χ0v) is 10.7. The molecule has 0 fully saturated rings. The van der Waals surface area contributed by atoms with Crippen LogP contribution in [0.25, 0.3) is 0 Å². The van der Waals surface area contributed by atoms with Crippen LogP contribution in [0.5, 0.6) is 5.75 Å². The Labute approximate surface area is 114 Å². The lowest BCUT2D eigenvalue weighted by molar-refractivity contribution is 0.0694. The molecule has 2 aromatic rings. The molecular formula is C15H12F2O3. The van der Waals surface area contributed by atoms with E-state index in [0.29, 0.717) is 11.3 Å². The molecule has 0 amide bonds. The van der Waals surface area contributed by atoms with E-state index in [9.17, 15) is 13.6 Å². The lowest BCUT2D eigenvalue weighted by Crippen LogP contribution is -2.06. The monoisotopic (exact) mass is 278 g/mol. The quantitative estimate of drug-likeness (QED) is 0.930. The number of benzene rings is 2. The third-order valence-corrected chi connectivity index (χ3v) is 2.82. The van der Waals surface area contributed by atoms with Gasteiger partial charge in [-0.15, -0.1) is 0 Å². The maximum absolute atomic E-state index is 13.2. The normalized spacial score (nSPS) is 10.3. The molecule has 0 aliphatic heterocycles. The van der Waals surface area contributed by atoms with E-state index in [1.54, 1.807) is 6.92 Å². The minimum Gasteiger partial charge on any atom is -0.489 e. The first kappa shape index (κ1) is 14.0. The number of halogens is 2. The summed E-state index contributed by atoms with van der Waals surface area (Å²) in [4.78, 5) is 11.0. The van der Waals surface area contributed by atoms with Crippen LogP contribution in [0.15, 0.2) is 36.4 Å². The molecule has 2 rings (SSSR count). The predicted molar refractivity (Wildman–Crippen MR) is 68.8 cm³/mol. The molecule has 3 nitrogen and oxygen atoms in total. The minimum absolute atomic E-state index is 0.0221. The van der Waals surface area contributed by atoms with Crippen molar-refractivity contribution >= 4 is 5.97 Å². The fraction of sp³-hybridized carbons (Fsp3) is 0.133. The summed E-state index contributed by atoms with van der Waals surface area (Å²) in [5, 5.41) is 9.02. The molecule has 0 saturated carbocycles. The highest BCUT2D eigenvalue weighted by Crippen LogP contribution is 2.21. The summed E-state index contributed by atoms with van der Waals surface area (Å²) in [7, 11) is 0. The highest BCUT2D eigenvalue weighted by Gasteiger charge is 2.12. The van der Waals surface area contributed by atoms with Crippen molar-refractivity contribution in [3.63, 3.8) is 0 Å². The van der Waals surface area contributed by atoms with Crippen LogP contribution in [0.2, 0.25) is 0 Å². The van der Waals surface area contributed by atoms with Crippen molar-refractivity contribution < 1.29 is 23.4 Å². The number of rotatable bonds is 4. The van der Waals surface area contributed by atoms with Gasteiger partial charge in [0.25, 0.3) is 0 Å². The summed E-state index contributed by atoms with van der Waals surface area (Å²) in [5.41, 5.74) is 0.783. The second-order valence-electron chi connectivity index (χ2n) is 4.31. The van der Waals surface area contributed by atoms with Crippen LogP contribution in [0.1, 0.15) is 21.5 Å². The molecule has 0 spiro atoms. The Morgan fingerprint density at radius 1 is 1.15 bits per heavy atom. The van der Waals surface area contributed by atoms with Gasteiger partial charge in [0.15, 0.2) is 0 Å². The fourth-order valence-corrected chi connectivity index (χ4v) is 1.82. The molecule has 20 heavy (non-hydrogen) atoms. The Bertz CT molecular complexity index is 654. The average molecular weight is 278 g/mol. The van der Waals surface area contributed by atoms with Crippen LogP contribution >= 0.6 is 0 Å². The van der Waals surface area contributed by atoms with Crippen molar-refractivity contribution in [3.8, 4) is 5.75 Å². The summed E-state index contributed by atoms with van der Waals surface area (Å²) < 4.78 is 31.5. The van der Waals surface area contributed by atoms with E-state index in [1.165, 1.54) is 24.3 Å². The number of carboxylic acid groups (broad SMARTS) is 1. The molecular weight excluding hydrogens is 266 g/mol. The Hall–Kier alpha value is -2.43. The van der Waals surface area contributed by atoms with Crippen LogP contribution in [0, 0.1) is 18.6 Å². The molecule has 0 bridgehead atoms. The Kier molecular flexibility index (Phi) is 3.98. The van der Waals surface area contributed by atoms with E-state index >= 15 is 0 Å². The van der Waals surface area contributed by atoms with Crippen molar-refractivity contribution in [2.24, 2.45) is 0 Å². The molecule has 1 N–H and O–H groups in total. The van der Waals surface area contributed by atoms with Crippen LogP contribution in [-0.4, -0.2) is 11.1 Å². The Morgan fingerprint density at radius 3 is 2.45 bits per heavy atom. The number of aryl methyl sites for hydroxylation is 1. The Balaban J connectivity index is 2.22. The molecule has 0 radical (unpaired) electrons. The van der Waals surface area contributed by atoms with E-state index < -0.39 is 11.8 Å². The number of hydrogen-bond donors (Lipinski definition) is 1. The summed E-state index contributed by atoms with van der Waals surface area (Å²) in [6, 6.07) is 7.38. The third-order valence-electron chi connectivity index (χ3n) is 2.82. The van der Waals surface area contributed by atoms with Gasteiger partial charge in [-0.25, -0.2) is 13.6 Å². The first-order valence-corrected chi connectivity index (χ1v) is 5.88. The molecule has 0 aliphatic carbocycles. The van der Waals surface area contributed by atoms with Gasteiger partial charge in [-0.05, 0) is 48.9 Å². The standard InChI is InChI=1S/C15H12F2O3/c1-9-6-11(16)3-5-14(9)20-8-10-7-12(17)2-4-13(10)15(18)19/h2-7H,8H2,1H3,(H,18,19). The number of hydrogen-bond acceptors (Lipinski definition) is 2. The summed E-state index contributed by atoms with van der Waals surface area (Å²) in [6.45, 7) is 1.56. The van der Waals surface area contributed by atoms with Crippen molar-refractivity contribution in [2.45, 2.75) is 13.5 Å². The lowest BCUT2D eigenvalue weighted by atomic mass is 10.1. The van der Waals surface area contributed by atoms with Crippen molar-refractivity contribution in [3.05, 3.63) is 64.7 Å². The first-order valence-electron chi connectivity index (χ1n) is 5.88. The largest absolute Gasteiger partial charge is 0.489 e. The molecule has 104 valence electrons. The summed E-state index contributed by atoms with van der Waals surface area (Å²) >= 11 is 0. The third kappa shape index (κ3) is 3.12. The zero-order chi connectivity index (χ0) is 14.7. The van der Waals surface area contributed by atoms with E-state index in [2.05, 4.69) is 0 Å². The number of carbonyl (C=O) groups is 1. The summed E-state index contributed by atoms with van der Waals surface area (Å²) in [5.74, 6) is -1.65. The smallest absolute Gasteiger partial charge is 0.336 e. The van der Waals surface area contributed by atoms with E-state index in [1.807, 2.05) is 0 Å². The molecule has 0 aliphatic rings. The SMILES string of the molecule is Cc1cc(F)ccc1OCc1cc(F)ccc1C(=O)O. The molecule has 0 heterocycles. The molecule has 0 aromatic heterocycles. The molecule has 5 heteroatoms. The van der Waals surface area contributed by atoms with Gasteiger partial charge in [-0.3, -0.25) is 0 Å². The zero-order valence-electron chi connectivity index (χ0n) is 10.7. The van der Waals surface area contributed by atoms with Gasteiger partial charge >= 0.3 is 5.97 Å². The average Bonchev–Trinajstić information content (AvgIpc) is 2.37. The lowest BCUT2D eigenvalue weighted by Gasteiger charge is -2.11. The maximum atomic E-state index is 13.2. The van der Waals surface area contributed by atoms with Crippen molar-refractivity contribution in [1.29, 1.82) is 0 Å². The molecule has 0 atom stereocenters. The van der Waals surface area contributed by atoms with Gasteiger partial charge in [0, 0.05) is 5.56 Å². The van der Waals surface area contributed by atoms with E-state index in [0.717, 1.165) is 12.1 Å².